The highest BCUT2D eigenvalue weighted by Crippen LogP contribution is 2.29. The van der Waals surface area contributed by atoms with Gasteiger partial charge in [-0.3, -0.25) is 4.79 Å². The lowest BCUT2D eigenvalue weighted by Gasteiger charge is -2.09. The number of unbranched alkanes of at least 4 members (excludes halogenated alkanes) is 7. The minimum absolute atomic E-state index is 0.0943. The predicted molar refractivity (Wildman–Crippen MR) is 155 cm³/mol. The number of rotatable bonds is 31. The molecule has 0 unspecified atom stereocenters. The monoisotopic (exact) mass is 660 g/mol. The van der Waals surface area contributed by atoms with Crippen molar-refractivity contribution in [3.63, 3.8) is 0 Å². The second-order valence-corrected chi connectivity index (χ2v) is 9.88. The molecule has 14 heteroatoms. The van der Waals surface area contributed by atoms with Crippen molar-refractivity contribution in [2.24, 2.45) is 0 Å². The molecule has 9 nitrogen and oxygen atoms in total. The van der Waals surface area contributed by atoms with E-state index in [2.05, 4.69) is 11.7 Å². The maximum Gasteiger partial charge on any atom is 0.313 e. The zero-order valence-electron chi connectivity index (χ0n) is 26.3. The molecule has 0 heterocycles. The third kappa shape index (κ3) is 20.7. The summed E-state index contributed by atoms with van der Waals surface area (Å²) in [7, 11) is 0. The number of ether oxygens (including phenoxy) is 8. The normalized spacial score (nSPS) is 11.4. The maximum atomic E-state index is 13.5. The Morgan fingerprint density at radius 1 is 0.422 bits per heavy atom. The quantitative estimate of drug-likeness (QED) is 0.0240. The molecule has 0 amide bonds. The second-order valence-electron chi connectivity index (χ2n) is 9.88. The Bertz CT molecular complexity index is 866. The Morgan fingerprint density at radius 3 is 1.13 bits per heavy atom. The Hall–Kier alpha value is -1.94. The molecule has 0 aliphatic rings. The molecule has 0 aliphatic carbocycles. The van der Waals surface area contributed by atoms with E-state index < -0.39 is 47.2 Å². The molecule has 0 N–H and O–H groups in total. The molecule has 0 aromatic heterocycles. The SMILES string of the molecule is CCCCCCCCCCOCCOCCOCCOCCOCCOCCOCCC(=O)Oc1c(F)c(F)c(F)c(F)c1F. The summed E-state index contributed by atoms with van der Waals surface area (Å²) in [4.78, 5) is 11.6. The summed E-state index contributed by atoms with van der Waals surface area (Å²) >= 11 is 0. The van der Waals surface area contributed by atoms with Crippen LogP contribution in [0.15, 0.2) is 0 Å². The van der Waals surface area contributed by atoms with Crippen LogP contribution in [-0.2, 0) is 38.0 Å². The predicted octanol–water partition coefficient (Wildman–Crippen LogP) is 5.93. The van der Waals surface area contributed by atoms with Crippen LogP contribution in [0.25, 0.3) is 0 Å². The van der Waals surface area contributed by atoms with E-state index in [-0.39, 0.29) is 19.8 Å². The average molecular weight is 661 g/mol. The van der Waals surface area contributed by atoms with Gasteiger partial charge in [0.25, 0.3) is 0 Å². The van der Waals surface area contributed by atoms with Gasteiger partial charge in [0, 0.05) is 6.61 Å². The fourth-order valence-corrected chi connectivity index (χ4v) is 3.75. The highest BCUT2D eigenvalue weighted by atomic mass is 19.2. The minimum Gasteiger partial charge on any atom is -0.420 e. The molecular weight excluding hydrogens is 611 g/mol. The molecule has 1 aromatic carbocycles. The summed E-state index contributed by atoms with van der Waals surface area (Å²) in [5.74, 6) is -14.1. The highest BCUT2D eigenvalue weighted by molar-refractivity contribution is 5.72. The van der Waals surface area contributed by atoms with Crippen molar-refractivity contribution in [2.45, 2.75) is 64.7 Å². The molecule has 0 bridgehead atoms. The topological polar surface area (TPSA) is 90.9 Å². The Balaban J connectivity index is 1.78. The molecule has 0 atom stereocenters. The third-order valence-electron chi connectivity index (χ3n) is 6.21. The van der Waals surface area contributed by atoms with Gasteiger partial charge in [-0.2, -0.15) is 8.78 Å². The number of carbonyl (C=O) groups excluding carboxylic acids is 1. The molecule has 0 fully saturated rings. The van der Waals surface area contributed by atoms with Gasteiger partial charge in [0.05, 0.1) is 92.3 Å². The van der Waals surface area contributed by atoms with Crippen LogP contribution in [0.1, 0.15) is 64.7 Å². The van der Waals surface area contributed by atoms with Crippen LogP contribution < -0.4 is 4.74 Å². The Kier molecular flexibility index (Phi) is 25.8. The summed E-state index contributed by atoms with van der Waals surface area (Å²) < 4.78 is 108. The lowest BCUT2D eigenvalue weighted by molar-refractivity contribution is -0.136. The van der Waals surface area contributed by atoms with E-state index >= 15 is 0 Å². The minimum atomic E-state index is -2.34. The van der Waals surface area contributed by atoms with Crippen LogP contribution in [0.4, 0.5) is 22.0 Å². The molecule has 262 valence electrons. The van der Waals surface area contributed by atoms with Crippen LogP contribution in [0.3, 0.4) is 0 Å². The first kappa shape index (κ1) is 41.1. The second kappa shape index (κ2) is 28.3. The van der Waals surface area contributed by atoms with Gasteiger partial charge in [-0.05, 0) is 6.42 Å². The molecule has 45 heavy (non-hydrogen) atoms. The lowest BCUT2D eigenvalue weighted by Crippen LogP contribution is -2.16. The molecular formula is C31H49F5O9. The van der Waals surface area contributed by atoms with E-state index in [4.69, 9.17) is 33.2 Å². The van der Waals surface area contributed by atoms with Crippen molar-refractivity contribution in [3.05, 3.63) is 29.1 Å². The summed E-state index contributed by atoms with van der Waals surface area (Å²) in [5.41, 5.74) is 0. The van der Waals surface area contributed by atoms with E-state index in [1.165, 1.54) is 44.9 Å². The van der Waals surface area contributed by atoms with Crippen molar-refractivity contribution in [3.8, 4) is 5.75 Å². The van der Waals surface area contributed by atoms with Crippen LogP contribution >= 0.6 is 0 Å². The van der Waals surface area contributed by atoms with Gasteiger partial charge in [-0.25, -0.2) is 13.2 Å². The molecule has 1 aromatic rings. The average Bonchev–Trinajstić information content (AvgIpc) is 3.04. The summed E-state index contributed by atoms with van der Waals surface area (Å²) in [6, 6.07) is 0. The van der Waals surface area contributed by atoms with E-state index in [0.717, 1.165) is 13.0 Å². The van der Waals surface area contributed by atoms with E-state index in [0.29, 0.717) is 66.1 Å². The number of carbonyl (C=O) groups is 1. The van der Waals surface area contributed by atoms with E-state index in [1.807, 2.05) is 0 Å². The molecule has 0 saturated carbocycles. The molecule has 0 spiro atoms. The van der Waals surface area contributed by atoms with Gasteiger partial charge in [0.1, 0.15) is 0 Å². The lowest BCUT2D eigenvalue weighted by atomic mass is 10.1. The number of esters is 1. The number of hydrogen-bond donors (Lipinski definition) is 0. The van der Waals surface area contributed by atoms with Gasteiger partial charge in [-0.15, -0.1) is 0 Å². The molecule has 0 aliphatic heterocycles. The maximum absolute atomic E-state index is 13.5. The number of benzene rings is 1. The third-order valence-corrected chi connectivity index (χ3v) is 6.21. The van der Waals surface area contributed by atoms with Crippen LogP contribution in [0, 0.1) is 29.1 Å². The van der Waals surface area contributed by atoms with Crippen molar-refractivity contribution in [1.82, 2.24) is 0 Å². The van der Waals surface area contributed by atoms with Gasteiger partial charge >= 0.3 is 5.97 Å². The van der Waals surface area contributed by atoms with Crippen LogP contribution in [-0.4, -0.2) is 98.5 Å². The van der Waals surface area contributed by atoms with Crippen molar-refractivity contribution >= 4 is 5.97 Å². The van der Waals surface area contributed by atoms with E-state index in [1.54, 1.807) is 0 Å². The van der Waals surface area contributed by atoms with Gasteiger partial charge in [-0.1, -0.05) is 51.9 Å². The summed E-state index contributed by atoms with van der Waals surface area (Å²) in [6.07, 6.45) is 9.80. The molecule has 0 radical (unpaired) electrons. The fourth-order valence-electron chi connectivity index (χ4n) is 3.75. The van der Waals surface area contributed by atoms with Crippen LogP contribution in [0.5, 0.6) is 5.75 Å². The van der Waals surface area contributed by atoms with Crippen molar-refractivity contribution in [1.29, 1.82) is 0 Å². The first-order chi connectivity index (χ1) is 21.9. The van der Waals surface area contributed by atoms with Gasteiger partial charge in [0.15, 0.2) is 0 Å². The Labute approximate surface area is 262 Å². The standard InChI is InChI=1S/C31H49F5O9/c1-2-3-4-5-6-7-8-9-11-38-13-15-40-17-19-42-21-23-44-24-22-43-20-18-41-16-14-39-12-10-25(37)45-31-29(35)27(33)26(32)28(34)30(31)36/h2-24H2,1H3. The van der Waals surface area contributed by atoms with Crippen molar-refractivity contribution in [2.75, 3.05) is 92.5 Å². The van der Waals surface area contributed by atoms with Gasteiger partial charge in [0.2, 0.25) is 34.8 Å². The molecule has 1 rings (SSSR count). The summed E-state index contributed by atoms with van der Waals surface area (Å²) in [5, 5.41) is 0. The first-order valence-electron chi connectivity index (χ1n) is 15.7. The van der Waals surface area contributed by atoms with Crippen LogP contribution in [0.2, 0.25) is 0 Å². The number of halogens is 5. The van der Waals surface area contributed by atoms with Crippen molar-refractivity contribution < 1.29 is 64.6 Å². The smallest absolute Gasteiger partial charge is 0.313 e. The summed E-state index contributed by atoms with van der Waals surface area (Å²) in [6.45, 7) is 7.53. The molecule has 0 saturated heterocycles. The highest BCUT2D eigenvalue weighted by Gasteiger charge is 2.28. The van der Waals surface area contributed by atoms with Gasteiger partial charge < -0.3 is 37.9 Å². The fraction of sp³-hybridized carbons (Fsp3) is 0.774. The largest absolute Gasteiger partial charge is 0.420 e. The number of hydrogen-bond acceptors (Lipinski definition) is 9. The Morgan fingerprint density at radius 2 is 0.733 bits per heavy atom. The zero-order chi connectivity index (χ0) is 33.0. The first-order valence-corrected chi connectivity index (χ1v) is 15.7. The zero-order valence-corrected chi connectivity index (χ0v) is 26.3. The van der Waals surface area contributed by atoms with E-state index in [9.17, 15) is 26.7 Å².